The Morgan fingerprint density at radius 1 is 0.304 bits per heavy atom. The van der Waals surface area contributed by atoms with Gasteiger partial charge >= 0.3 is 17.9 Å². The summed E-state index contributed by atoms with van der Waals surface area (Å²) in [5, 5.41) is 0. The predicted octanol–water partition coefficient (Wildman–Crippen LogP) is 19.8. The van der Waals surface area contributed by atoms with E-state index in [2.05, 4.69) is 93.7 Å². The minimum Gasteiger partial charge on any atom is -0.462 e. The van der Waals surface area contributed by atoms with Gasteiger partial charge in [-0.05, 0) is 89.9 Å². The third kappa shape index (κ3) is 55.6. The Balaban J connectivity index is 4.22. The SMILES string of the molecule is CC/C=C\C/C=C\C/C=C\C/C=C\C/C=C\CCCCCCCCCCCCCC(=O)OCC(COC(=O)CCCCCCCCCCCCC)OC(=O)CCCCCCC/C=C\CCCCCC. The van der Waals surface area contributed by atoms with E-state index in [9.17, 15) is 14.4 Å². The van der Waals surface area contributed by atoms with E-state index in [1.54, 1.807) is 0 Å². The van der Waals surface area contributed by atoms with Gasteiger partial charge in [0.1, 0.15) is 13.2 Å². The number of carbonyl (C=O) groups excluding carboxylic acids is 3. The summed E-state index contributed by atoms with van der Waals surface area (Å²) in [4.78, 5) is 38.1. The van der Waals surface area contributed by atoms with Crippen LogP contribution in [0, 0.1) is 0 Å². The van der Waals surface area contributed by atoms with Crippen LogP contribution in [0.15, 0.2) is 72.9 Å². The van der Waals surface area contributed by atoms with E-state index in [1.807, 2.05) is 0 Å². The molecule has 1 atom stereocenters. The van der Waals surface area contributed by atoms with Crippen molar-refractivity contribution < 1.29 is 28.6 Å². The lowest BCUT2D eigenvalue weighted by atomic mass is 10.0. The summed E-state index contributed by atoms with van der Waals surface area (Å²) in [6.07, 6.45) is 73.3. The predicted molar refractivity (Wildman–Crippen MR) is 298 cm³/mol. The summed E-state index contributed by atoms with van der Waals surface area (Å²) in [5.74, 6) is -0.880. The maximum atomic E-state index is 12.8. The van der Waals surface area contributed by atoms with Gasteiger partial charge in [0.15, 0.2) is 6.10 Å². The molecular formula is C63H110O6. The second kappa shape index (κ2) is 57.4. The molecule has 398 valence electrons. The van der Waals surface area contributed by atoms with Crippen LogP contribution >= 0.6 is 0 Å². The zero-order chi connectivity index (χ0) is 50.0. The molecule has 0 aromatic heterocycles. The molecule has 0 fully saturated rings. The van der Waals surface area contributed by atoms with Gasteiger partial charge in [-0.3, -0.25) is 14.4 Å². The fourth-order valence-electron chi connectivity index (χ4n) is 8.29. The monoisotopic (exact) mass is 963 g/mol. The van der Waals surface area contributed by atoms with E-state index in [1.165, 1.54) is 148 Å². The number of hydrogen-bond donors (Lipinski definition) is 0. The molecule has 0 rings (SSSR count). The standard InChI is InChI=1S/C63H110O6/c1-4-7-10-13-16-19-22-24-25-26-27-28-29-30-31-32-33-34-35-36-37-39-41-44-47-50-53-56-62(65)68-59-60(58-67-61(64)55-52-49-46-43-40-21-18-15-12-9-6-3)69-63(66)57-54-51-48-45-42-38-23-20-17-14-11-8-5-2/h7,10,16,19-20,23-25,27-28,30-31,60H,4-6,8-9,11-15,17-18,21-22,26,29,32-59H2,1-3H3/b10-7-,19-16-,23-20-,25-24-,28-27-,31-30-. The zero-order valence-corrected chi connectivity index (χ0v) is 45.6. The molecule has 0 aliphatic rings. The number of hydrogen-bond acceptors (Lipinski definition) is 6. The second-order valence-electron chi connectivity index (χ2n) is 19.5. The molecule has 0 N–H and O–H groups in total. The van der Waals surface area contributed by atoms with Gasteiger partial charge in [-0.1, -0.05) is 254 Å². The highest BCUT2D eigenvalue weighted by Gasteiger charge is 2.19. The molecule has 0 amide bonds. The van der Waals surface area contributed by atoms with Crippen molar-refractivity contribution in [3.63, 3.8) is 0 Å². The third-order valence-corrected chi connectivity index (χ3v) is 12.7. The van der Waals surface area contributed by atoms with Gasteiger partial charge in [0.2, 0.25) is 0 Å². The fraction of sp³-hybridized carbons (Fsp3) is 0.762. The van der Waals surface area contributed by atoms with Crippen LogP contribution in [0.3, 0.4) is 0 Å². The number of ether oxygens (including phenoxy) is 3. The smallest absolute Gasteiger partial charge is 0.306 e. The molecule has 0 saturated heterocycles. The van der Waals surface area contributed by atoms with Crippen molar-refractivity contribution in [2.24, 2.45) is 0 Å². The summed E-state index contributed by atoms with van der Waals surface area (Å²) >= 11 is 0. The molecule has 0 aromatic carbocycles. The van der Waals surface area contributed by atoms with Crippen LogP contribution in [0.25, 0.3) is 0 Å². The average Bonchev–Trinajstić information content (AvgIpc) is 3.35. The third-order valence-electron chi connectivity index (χ3n) is 12.7. The van der Waals surface area contributed by atoms with Crippen molar-refractivity contribution in [1.82, 2.24) is 0 Å². The second-order valence-corrected chi connectivity index (χ2v) is 19.5. The van der Waals surface area contributed by atoms with E-state index in [4.69, 9.17) is 14.2 Å². The molecule has 0 heterocycles. The van der Waals surface area contributed by atoms with Crippen molar-refractivity contribution in [1.29, 1.82) is 0 Å². The fourth-order valence-corrected chi connectivity index (χ4v) is 8.29. The number of esters is 3. The summed E-state index contributed by atoms with van der Waals surface area (Å²) in [5.41, 5.74) is 0. The first-order valence-electron chi connectivity index (χ1n) is 29.4. The van der Waals surface area contributed by atoms with Gasteiger partial charge < -0.3 is 14.2 Å². The van der Waals surface area contributed by atoms with Crippen molar-refractivity contribution in [2.75, 3.05) is 13.2 Å². The first-order valence-corrected chi connectivity index (χ1v) is 29.4. The molecule has 69 heavy (non-hydrogen) atoms. The molecule has 6 nitrogen and oxygen atoms in total. The van der Waals surface area contributed by atoms with Gasteiger partial charge in [-0.2, -0.15) is 0 Å². The van der Waals surface area contributed by atoms with Crippen LogP contribution in [0.1, 0.15) is 290 Å². The van der Waals surface area contributed by atoms with E-state index in [0.29, 0.717) is 19.3 Å². The highest BCUT2D eigenvalue weighted by Crippen LogP contribution is 2.16. The zero-order valence-electron chi connectivity index (χ0n) is 45.6. The Bertz CT molecular complexity index is 1290. The molecule has 1 unspecified atom stereocenters. The lowest BCUT2D eigenvalue weighted by Gasteiger charge is -2.18. The van der Waals surface area contributed by atoms with Gasteiger partial charge in [0.05, 0.1) is 0 Å². The molecule has 0 saturated carbocycles. The lowest BCUT2D eigenvalue weighted by Crippen LogP contribution is -2.30. The first-order chi connectivity index (χ1) is 34.0. The number of rotatable bonds is 53. The maximum Gasteiger partial charge on any atom is 0.306 e. The van der Waals surface area contributed by atoms with E-state index >= 15 is 0 Å². The van der Waals surface area contributed by atoms with E-state index in [-0.39, 0.29) is 31.1 Å². The number of carbonyl (C=O) groups is 3. The van der Waals surface area contributed by atoms with Crippen molar-refractivity contribution in [3.8, 4) is 0 Å². The minimum absolute atomic E-state index is 0.0763. The number of unbranched alkanes of at least 4 members (excludes halogenated alkanes) is 30. The molecule has 0 radical (unpaired) electrons. The van der Waals surface area contributed by atoms with Gasteiger partial charge in [-0.15, -0.1) is 0 Å². The Morgan fingerprint density at radius 2 is 0.565 bits per heavy atom. The first kappa shape index (κ1) is 65.8. The average molecular weight is 964 g/mol. The van der Waals surface area contributed by atoms with Gasteiger partial charge in [0, 0.05) is 19.3 Å². The van der Waals surface area contributed by atoms with Crippen molar-refractivity contribution >= 4 is 17.9 Å². The molecule has 0 spiro atoms. The van der Waals surface area contributed by atoms with Crippen LogP contribution < -0.4 is 0 Å². The molecule has 0 aromatic rings. The Labute approximate surface area is 427 Å². The molecular weight excluding hydrogens is 853 g/mol. The molecule has 0 aliphatic heterocycles. The minimum atomic E-state index is -0.777. The largest absolute Gasteiger partial charge is 0.462 e. The molecule has 0 bridgehead atoms. The van der Waals surface area contributed by atoms with Crippen LogP contribution in [0.4, 0.5) is 0 Å². The normalized spacial score (nSPS) is 12.6. The lowest BCUT2D eigenvalue weighted by molar-refractivity contribution is -0.167. The Hall–Kier alpha value is -3.15. The molecule has 6 heteroatoms. The number of allylic oxidation sites excluding steroid dienone is 12. The Kier molecular flexibility index (Phi) is 54.8. The van der Waals surface area contributed by atoms with Gasteiger partial charge in [-0.25, -0.2) is 0 Å². The van der Waals surface area contributed by atoms with Crippen molar-refractivity contribution in [2.45, 2.75) is 297 Å². The van der Waals surface area contributed by atoms with Crippen molar-refractivity contribution in [3.05, 3.63) is 72.9 Å². The Morgan fingerprint density at radius 3 is 0.913 bits per heavy atom. The van der Waals surface area contributed by atoms with Crippen LogP contribution in [0.5, 0.6) is 0 Å². The summed E-state index contributed by atoms with van der Waals surface area (Å²) in [6.45, 7) is 6.51. The van der Waals surface area contributed by atoms with E-state index < -0.39 is 6.10 Å². The molecule has 0 aliphatic carbocycles. The highest BCUT2D eigenvalue weighted by atomic mass is 16.6. The van der Waals surface area contributed by atoms with Crippen LogP contribution in [-0.2, 0) is 28.6 Å². The van der Waals surface area contributed by atoms with Crippen LogP contribution in [-0.4, -0.2) is 37.2 Å². The summed E-state index contributed by atoms with van der Waals surface area (Å²) in [7, 11) is 0. The highest BCUT2D eigenvalue weighted by molar-refractivity contribution is 5.71. The van der Waals surface area contributed by atoms with Gasteiger partial charge in [0.25, 0.3) is 0 Å². The summed E-state index contributed by atoms with van der Waals surface area (Å²) < 4.78 is 16.8. The maximum absolute atomic E-state index is 12.8. The van der Waals surface area contributed by atoms with Crippen LogP contribution in [0.2, 0.25) is 0 Å². The quantitative estimate of drug-likeness (QED) is 0.0262. The van der Waals surface area contributed by atoms with E-state index in [0.717, 1.165) is 103 Å². The topological polar surface area (TPSA) is 78.9 Å². The summed E-state index contributed by atoms with van der Waals surface area (Å²) in [6, 6.07) is 0.